The minimum Gasteiger partial charge on any atom is -0.478 e. The highest BCUT2D eigenvalue weighted by molar-refractivity contribution is 14.0. The first-order chi connectivity index (χ1) is 13.7. The molecule has 0 amide bonds. The molecular formula is C19H30IN7OS. The van der Waals surface area contributed by atoms with Crippen LogP contribution < -0.4 is 15.0 Å². The largest absolute Gasteiger partial charge is 0.478 e. The van der Waals surface area contributed by atoms with Crippen molar-refractivity contribution in [2.75, 3.05) is 44.7 Å². The summed E-state index contributed by atoms with van der Waals surface area (Å²) in [6, 6.07) is 3.96. The van der Waals surface area contributed by atoms with Gasteiger partial charge in [-0.1, -0.05) is 19.9 Å². The fourth-order valence-electron chi connectivity index (χ4n) is 2.95. The lowest BCUT2D eigenvalue weighted by atomic mass is 10.3. The molecule has 0 radical (unpaired) electrons. The summed E-state index contributed by atoms with van der Waals surface area (Å²) < 4.78 is 9.92. The third-order valence-corrected chi connectivity index (χ3v) is 5.35. The van der Waals surface area contributed by atoms with E-state index in [1.165, 1.54) is 11.5 Å². The zero-order valence-electron chi connectivity index (χ0n) is 17.3. The quantitative estimate of drug-likeness (QED) is 0.335. The number of nitrogens with zero attached hydrogens (tertiary/aromatic N) is 6. The maximum Gasteiger partial charge on any atom is 0.213 e. The van der Waals surface area contributed by atoms with Gasteiger partial charge in [-0.2, -0.15) is 4.37 Å². The molecule has 0 bridgehead atoms. The van der Waals surface area contributed by atoms with Gasteiger partial charge in [0.1, 0.15) is 5.82 Å². The molecule has 2 aromatic heterocycles. The molecule has 2 aromatic rings. The second kappa shape index (κ2) is 12.1. The van der Waals surface area contributed by atoms with E-state index in [2.05, 4.69) is 48.3 Å². The van der Waals surface area contributed by atoms with Gasteiger partial charge in [0.25, 0.3) is 0 Å². The fourth-order valence-corrected chi connectivity index (χ4v) is 3.75. The maximum absolute atomic E-state index is 5.53. The molecule has 29 heavy (non-hydrogen) atoms. The monoisotopic (exact) mass is 531 g/mol. The second-order valence-electron chi connectivity index (χ2n) is 6.57. The van der Waals surface area contributed by atoms with Gasteiger partial charge in [0.15, 0.2) is 5.96 Å². The van der Waals surface area contributed by atoms with Crippen molar-refractivity contribution in [1.82, 2.24) is 24.6 Å². The molecule has 0 saturated carbocycles. The van der Waals surface area contributed by atoms with Crippen LogP contribution in [-0.2, 0) is 13.0 Å². The van der Waals surface area contributed by atoms with Gasteiger partial charge < -0.3 is 19.9 Å². The Hall–Kier alpha value is -1.69. The minimum absolute atomic E-state index is 0. The van der Waals surface area contributed by atoms with Crippen LogP contribution in [0.2, 0.25) is 0 Å². The van der Waals surface area contributed by atoms with E-state index in [1.807, 2.05) is 25.4 Å². The van der Waals surface area contributed by atoms with E-state index >= 15 is 0 Å². The number of aliphatic imine (C=N–C) groups is 1. The van der Waals surface area contributed by atoms with Crippen molar-refractivity contribution in [1.29, 1.82) is 0 Å². The molecule has 0 spiro atoms. The van der Waals surface area contributed by atoms with Crippen LogP contribution in [0.5, 0.6) is 5.88 Å². The lowest BCUT2D eigenvalue weighted by Gasteiger charge is -2.36. The fraction of sp³-hybridized carbons (Fsp3) is 0.579. The number of anilines is 1. The van der Waals surface area contributed by atoms with E-state index in [1.54, 1.807) is 0 Å². The van der Waals surface area contributed by atoms with Crippen molar-refractivity contribution in [3.63, 3.8) is 0 Å². The zero-order chi connectivity index (χ0) is 19.8. The number of rotatable bonds is 7. The first-order valence-corrected chi connectivity index (χ1v) is 10.6. The Morgan fingerprint density at radius 3 is 2.62 bits per heavy atom. The summed E-state index contributed by atoms with van der Waals surface area (Å²) in [7, 11) is 1.83. The summed E-state index contributed by atoms with van der Waals surface area (Å²) in [6.07, 6.45) is 3.71. The van der Waals surface area contributed by atoms with Crippen LogP contribution in [0, 0.1) is 0 Å². The van der Waals surface area contributed by atoms with E-state index in [0.29, 0.717) is 19.0 Å². The predicted molar refractivity (Wildman–Crippen MR) is 129 cm³/mol. The number of aromatic nitrogens is 3. The minimum atomic E-state index is 0. The second-order valence-corrected chi connectivity index (χ2v) is 7.31. The average molecular weight is 531 g/mol. The molecule has 1 aliphatic heterocycles. The normalized spacial score (nSPS) is 14.5. The van der Waals surface area contributed by atoms with Gasteiger partial charge in [-0.3, -0.25) is 4.99 Å². The van der Waals surface area contributed by atoms with Gasteiger partial charge >= 0.3 is 0 Å². The summed E-state index contributed by atoms with van der Waals surface area (Å²) in [5, 5.41) is 4.46. The van der Waals surface area contributed by atoms with Gasteiger partial charge in [0, 0.05) is 70.0 Å². The van der Waals surface area contributed by atoms with Crippen LogP contribution in [0.25, 0.3) is 0 Å². The van der Waals surface area contributed by atoms with Crippen molar-refractivity contribution >= 4 is 46.6 Å². The number of halogens is 1. The number of piperazine rings is 1. The van der Waals surface area contributed by atoms with Crippen LogP contribution in [0.4, 0.5) is 5.13 Å². The molecule has 3 rings (SSSR count). The molecule has 0 atom stereocenters. The van der Waals surface area contributed by atoms with E-state index in [4.69, 9.17) is 4.74 Å². The number of pyridine rings is 1. The molecule has 1 saturated heterocycles. The predicted octanol–water partition coefficient (Wildman–Crippen LogP) is 2.80. The van der Waals surface area contributed by atoms with Crippen molar-refractivity contribution in [3.05, 3.63) is 29.7 Å². The van der Waals surface area contributed by atoms with Crippen molar-refractivity contribution in [2.24, 2.45) is 4.99 Å². The SMILES string of the molecule is CCCOc1ccc(CNC(=NC)N2CCN(c3nc(CC)ns3)CC2)cn1.I. The summed E-state index contributed by atoms with van der Waals surface area (Å²) >= 11 is 1.49. The topological polar surface area (TPSA) is 78.8 Å². The smallest absolute Gasteiger partial charge is 0.213 e. The molecular weight excluding hydrogens is 501 g/mol. The van der Waals surface area contributed by atoms with E-state index in [9.17, 15) is 0 Å². The Bertz CT molecular complexity index is 760. The highest BCUT2D eigenvalue weighted by Gasteiger charge is 2.22. The standard InChI is InChI=1S/C19H29N7OS.HI/c1-4-12-27-17-7-6-15(13-21-17)14-22-18(20-3)25-8-10-26(11-9-25)19-23-16(5-2)24-28-19;/h6-7,13H,4-5,8-12,14H2,1-3H3,(H,20,22);1H. The van der Waals surface area contributed by atoms with Crippen molar-refractivity contribution in [3.8, 4) is 5.88 Å². The van der Waals surface area contributed by atoms with E-state index in [0.717, 1.165) is 61.5 Å². The number of hydrogen-bond acceptors (Lipinski definition) is 7. The lowest BCUT2D eigenvalue weighted by molar-refractivity contribution is 0.305. The molecule has 1 N–H and O–H groups in total. The first kappa shape index (κ1) is 23.6. The molecule has 0 aromatic carbocycles. The van der Waals surface area contributed by atoms with E-state index in [-0.39, 0.29) is 24.0 Å². The number of ether oxygens (including phenoxy) is 1. The first-order valence-electron chi connectivity index (χ1n) is 9.84. The summed E-state index contributed by atoms with van der Waals surface area (Å²) in [5.74, 6) is 2.52. The van der Waals surface area contributed by atoms with Crippen LogP contribution in [0.1, 0.15) is 31.7 Å². The molecule has 1 aliphatic rings. The third kappa shape index (κ3) is 6.66. The van der Waals surface area contributed by atoms with Crippen LogP contribution in [0.15, 0.2) is 23.3 Å². The number of aryl methyl sites for hydroxylation is 1. The van der Waals surface area contributed by atoms with Gasteiger partial charge in [-0.25, -0.2) is 9.97 Å². The molecule has 3 heterocycles. The summed E-state index contributed by atoms with van der Waals surface area (Å²) in [6.45, 7) is 9.20. The Morgan fingerprint density at radius 2 is 2.03 bits per heavy atom. The Labute approximate surface area is 194 Å². The lowest BCUT2D eigenvalue weighted by Crippen LogP contribution is -2.52. The van der Waals surface area contributed by atoms with Crippen molar-refractivity contribution in [2.45, 2.75) is 33.2 Å². The van der Waals surface area contributed by atoms with Crippen LogP contribution in [0.3, 0.4) is 0 Å². The van der Waals surface area contributed by atoms with Crippen LogP contribution in [-0.4, -0.2) is 65.0 Å². The van der Waals surface area contributed by atoms with Gasteiger partial charge in [-0.05, 0) is 12.0 Å². The molecule has 8 nitrogen and oxygen atoms in total. The third-order valence-electron chi connectivity index (χ3n) is 4.54. The molecule has 0 aliphatic carbocycles. The van der Waals surface area contributed by atoms with Gasteiger partial charge in [0.05, 0.1) is 6.61 Å². The summed E-state index contributed by atoms with van der Waals surface area (Å²) in [5.41, 5.74) is 1.10. The molecule has 0 unspecified atom stereocenters. The number of hydrogen-bond donors (Lipinski definition) is 1. The average Bonchev–Trinajstić information content (AvgIpc) is 3.23. The number of guanidine groups is 1. The van der Waals surface area contributed by atoms with E-state index < -0.39 is 0 Å². The molecule has 160 valence electrons. The molecule has 1 fully saturated rings. The number of nitrogens with one attached hydrogen (secondary N) is 1. The highest BCUT2D eigenvalue weighted by atomic mass is 127. The van der Waals surface area contributed by atoms with Gasteiger partial charge in [0.2, 0.25) is 11.0 Å². The van der Waals surface area contributed by atoms with Crippen LogP contribution >= 0.6 is 35.5 Å². The zero-order valence-corrected chi connectivity index (χ0v) is 20.4. The summed E-state index contributed by atoms with van der Waals surface area (Å²) in [4.78, 5) is 18.0. The van der Waals surface area contributed by atoms with Crippen molar-refractivity contribution < 1.29 is 4.74 Å². The molecule has 10 heteroatoms. The highest BCUT2D eigenvalue weighted by Crippen LogP contribution is 2.19. The van der Waals surface area contributed by atoms with Gasteiger partial charge in [-0.15, -0.1) is 24.0 Å². The maximum atomic E-state index is 5.53. The Kier molecular flexibility index (Phi) is 9.85. The Balaban J connectivity index is 0.00000300. The Morgan fingerprint density at radius 1 is 1.24 bits per heavy atom.